The molecule has 64 valence electrons. The molecule has 1 aliphatic rings. The molecule has 0 spiro atoms. The number of rotatable bonds is 3. The maximum absolute atomic E-state index is 10.6. The van der Waals surface area contributed by atoms with Gasteiger partial charge in [-0.25, -0.2) is 0 Å². The Bertz CT molecular complexity index is 285. The van der Waals surface area contributed by atoms with Crippen molar-refractivity contribution in [3.05, 3.63) is 22.4 Å². The second kappa shape index (κ2) is 2.59. The molecule has 1 saturated carbocycles. The van der Waals surface area contributed by atoms with Crippen LogP contribution in [0.1, 0.15) is 24.1 Å². The second-order valence-corrected chi connectivity index (χ2v) is 4.28. The molecule has 1 aromatic rings. The Labute approximate surface area is 74.8 Å². The average Bonchev–Trinajstić information content (AvgIpc) is 2.61. The summed E-state index contributed by atoms with van der Waals surface area (Å²) < 4.78 is 0. The molecule has 0 bridgehead atoms. The molecule has 2 nitrogen and oxygen atoms in total. The SMILES string of the molecule is O=C(O)CC1(c2cccs2)CC1. The van der Waals surface area contributed by atoms with Crippen LogP contribution < -0.4 is 0 Å². The van der Waals surface area contributed by atoms with Gasteiger partial charge in [-0.2, -0.15) is 0 Å². The topological polar surface area (TPSA) is 37.3 Å². The predicted octanol–water partition coefficient (Wildman–Crippen LogP) is 2.25. The minimum Gasteiger partial charge on any atom is -0.481 e. The van der Waals surface area contributed by atoms with Crippen LogP contribution in [-0.2, 0) is 10.2 Å². The van der Waals surface area contributed by atoms with Gasteiger partial charge in [-0.3, -0.25) is 4.79 Å². The van der Waals surface area contributed by atoms with Crippen molar-refractivity contribution in [3.63, 3.8) is 0 Å². The first-order valence-electron chi connectivity index (χ1n) is 3.99. The van der Waals surface area contributed by atoms with Crippen molar-refractivity contribution in [2.75, 3.05) is 0 Å². The number of hydrogen-bond acceptors (Lipinski definition) is 2. The van der Waals surface area contributed by atoms with Crippen molar-refractivity contribution in [3.8, 4) is 0 Å². The number of hydrogen-bond donors (Lipinski definition) is 1. The zero-order valence-corrected chi connectivity index (χ0v) is 7.43. The van der Waals surface area contributed by atoms with E-state index in [1.54, 1.807) is 11.3 Å². The van der Waals surface area contributed by atoms with Gasteiger partial charge in [-0.15, -0.1) is 11.3 Å². The largest absolute Gasteiger partial charge is 0.481 e. The van der Waals surface area contributed by atoms with Gasteiger partial charge >= 0.3 is 5.97 Å². The van der Waals surface area contributed by atoms with Crippen LogP contribution in [0.25, 0.3) is 0 Å². The smallest absolute Gasteiger partial charge is 0.304 e. The van der Waals surface area contributed by atoms with Crippen LogP contribution in [0, 0.1) is 0 Å². The fourth-order valence-corrected chi connectivity index (χ4v) is 2.52. The quantitative estimate of drug-likeness (QED) is 0.778. The van der Waals surface area contributed by atoms with Crippen LogP contribution >= 0.6 is 11.3 Å². The summed E-state index contributed by atoms with van der Waals surface area (Å²) in [5.74, 6) is -0.680. The van der Waals surface area contributed by atoms with Gasteiger partial charge in [0, 0.05) is 10.3 Å². The summed E-state index contributed by atoms with van der Waals surface area (Å²) in [7, 11) is 0. The van der Waals surface area contributed by atoms with Crippen molar-refractivity contribution in [1.82, 2.24) is 0 Å². The first-order valence-corrected chi connectivity index (χ1v) is 4.87. The highest BCUT2D eigenvalue weighted by Crippen LogP contribution is 2.52. The number of carboxylic acid groups (broad SMARTS) is 1. The molecule has 3 heteroatoms. The van der Waals surface area contributed by atoms with E-state index in [0.29, 0.717) is 6.42 Å². The molecule has 0 unspecified atom stereocenters. The molecule has 0 radical (unpaired) electrons. The zero-order chi connectivity index (χ0) is 8.60. The van der Waals surface area contributed by atoms with Gasteiger partial charge in [-0.1, -0.05) is 6.07 Å². The fourth-order valence-electron chi connectivity index (χ4n) is 1.53. The van der Waals surface area contributed by atoms with E-state index in [2.05, 4.69) is 0 Å². The molecule has 0 aromatic carbocycles. The predicted molar refractivity (Wildman–Crippen MR) is 47.5 cm³/mol. The summed E-state index contributed by atoms with van der Waals surface area (Å²) in [5, 5.41) is 10.7. The van der Waals surface area contributed by atoms with E-state index < -0.39 is 5.97 Å². The second-order valence-electron chi connectivity index (χ2n) is 3.33. The lowest BCUT2D eigenvalue weighted by atomic mass is 10.0. The highest BCUT2D eigenvalue weighted by Gasteiger charge is 2.46. The molecule has 2 rings (SSSR count). The molecule has 1 aromatic heterocycles. The van der Waals surface area contributed by atoms with Gasteiger partial charge in [0.25, 0.3) is 0 Å². The van der Waals surface area contributed by atoms with Gasteiger partial charge in [0.15, 0.2) is 0 Å². The normalized spacial score (nSPS) is 19.0. The van der Waals surface area contributed by atoms with Crippen molar-refractivity contribution in [2.45, 2.75) is 24.7 Å². The van der Waals surface area contributed by atoms with E-state index in [1.165, 1.54) is 4.88 Å². The van der Waals surface area contributed by atoms with Crippen molar-refractivity contribution in [1.29, 1.82) is 0 Å². The lowest BCUT2D eigenvalue weighted by Crippen LogP contribution is -2.10. The maximum Gasteiger partial charge on any atom is 0.304 e. The summed E-state index contributed by atoms with van der Waals surface area (Å²) in [6.45, 7) is 0. The number of carbonyl (C=O) groups is 1. The molecule has 0 aliphatic heterocycles. The Morgan fingerprint density at radius 3 is 2.83 bits per heavy atom. The maximum atomic E-state index is 10.6. The minimum atomic E-state index is -0.680. The van der Waals surface area contributed by atoms with Gasteiger partial charge < -0.3 is 5.11 Å². The van der Waals surface area contributed by atoms with E-state index in [1.807, 2.05) is 17.5 Å². The van der Waals surface area contributed by atoms with Crippen molar-refractivity contribution < 1.29 is 9.90 Å². The van der Waals surface area contributed by atoms with Crippen LogP contribution in [0.5, 0.6) is 0 Å². The van der Waals surface area contributed by atoms with Crippen LogP contribution in [0.3, 0.4) is 0 Å². The van der Waals surface area contributed by atoms with E-state index in [-0.39, 0.29) is 5.41 Å². The summed E-state index contributed by atoms with van der Waals surface area (Å²) in [5.41, 5.74) is 0.0139. The third-order valence-electron chi connectivity index (χ3n) is 2.39. The van der Waals surface area contributed by atoms with Crippen LogP contribution in [0.15, 0.2) is 17.5 Å². The highest BCUT2D eigenvalue weighted by atomic mass is 32.1. The summed E-state index contributed by atoms with van der Waals surface area (Å²) >= 11 is 1.67. The van der Waals surface area contributed by atoms with E-state index in [9.17, 15) is 4.79 Å². The molecule has 1 fully saturated rings. The number of carboxylic acids is 1. The Morgan fingerprint density at radius 2 is 2.42 bits per heavy atom. The fraction of sp³-hybridized carbons (Fsp3) is 0.444. The number of thiophene rings is 1. The molecule has 0 saturated heterocycles. The average molecular weight is 182 g/mol. The van der Waals surface area contributed by atoms with Gasteiger partial charge in [0.2, 0.25) is 0 Å². The van der Waals surface area contributed by atoms with Crippen molar-refractivity contribution >= 4 is 17.3 Å². The Kier molecular flexibility index (Phi) is 1.68. The molecular formula is C9H10O2S. The highest BCUT2D eigenvalue weighted by molar-refractivity contribution is 7.10. The molecular weight excluding hydrogens is 172 g/mol. The number of aliphatic carboxylic acids is 1. The summed E-state index contributed by atoms with van der Waals surface area (Å²) in [6.07, 6.45) is 2.38. The van der Waals surface area contributed by atoms with Crippen LogP contribution in [0.4, 0.5) is 0 Å². The van der Waals surface area contributed by atoms with E-state index in [0.717, 1.165) is 12.8 Å². The third-order valence-corrected chi connectivity index (χ3v) is 3.50. The first-order chi connectivity index (χ1) is 5.73. The van der Waals surface area contributed by atoms with Crippen molar-refractivity contribution in [2.24, 2.45) is 0 Å². The molecule has 0 atom stereocenters. The third kappa shape index (κ3) is 1.25. The molecule has 1 heterocycles. The van der Waals surface area contributed by atoms with Crippen LogP contribution in [-0.4, -0.2) is 11.1 Å². The lowest BCUT2D eigenvalue weighted by Gasteiger charge is -2.08. The van der Waals surface area contributed by atoms with Gasteiger partial charge in [0.1, 0.15) is 0 Å². The van der Waals surface area contributed by atoms with E-state index in [4.69, 9.17) is 5.11 Å². The van der Waals surface area contributed by atoms with Gasteiger partial charge in [-0.05, 0) is 24.3 Å². The summed E-state index contributed by atoms with van der Waals surface area (Å²) in [6, 6.07) is 4.03. The lowest BCUT2D eigenvalue weighted by molar-refractivity contribution is -0.137. The molecule has 1 aliphatic carbocycles. The molecule has 0 amide bonds. The van der Waals surface area contributed by atoms with E-state index >= 15 is 0 Å². The summed E-state index contributed by atoms with van der Waals surface area (Å²) in [4.78, 5) is 11.8. The zero-order valence-electron chi connectivity index (χ0n) is 6.62. The Hall–Kier alpha value is -0.830. The molecule has 1 N–H and O–H groups in total. The Morgan fingerprint density at radius 1 is 1.67 bits per heavy atom. The van der Waals surface area contributed by atoms with Crippen LogP contribution in [0.2, 0.25) is 0 Å². The first kappa shape index (κ1) is 7.80. The Balaban J connectivity index is 2.17. The monoisotopic (exact) mass is 182 g/mol. The standard InChI is InChI=1S/C9H10O2S/c10-8(11)6-9(3-4-9)7-2-1-5-12-7/h1-2,5H,3-4,6H2,(H,10,11). The van der Waals surface area contributed by atoms with Gasteiger partial charge in [0.05, 0.1) is 6.42 Å². The molecule has 12 heavy (non-hydrogen) atoms. The minimum absolute atomic E-state index is 0.0139.